The standard InChI is InChI=1S/C27H31N3O3/c1-20(2)17-18-33-25-15-13-22(14-16-25)28-19-26(31)29-23-11-9-21(10-12-23)27(32)30(3)24-7-5-4-6-8-24/h4-16,20,28H,17-19H2,1-3H3,(H,29,31). The van der Waals surface area contributed by atoms with Crippen LogP contribution in [0.5, 0.6) is 5.75 Å². The lowest BCUT2D eigenvalue weighted by molar-refractivity contribution is -0.114. The second-order valence-corrected chi connectivity index (χ2v) is 8.23. The van der Waals surface area contributed by atoms with Crippen LogP contribution >= 0.6 is 0 Å². The number of ether oxygens (including phenoxy) is 1. The van der Waals surface area contributed by atoms with Crippen LogP contribution in [0.3, 0.4) is 0 Å². The van der Waals surface area contributed by atoms with Gasteiger partial charge in [-0.15, -0.1) is 0 Å². The van der Waals surface area contributed by atoms with Gasteiger partial charge in [0.1, 0.15) is 5.75 Å². The van der Waals surface area contributed by atoms with Crippen molar-refractivity contribution in [2.75, 3.05) is 35.7 Å². The minimum atomic E-state index is -0.173. The SMILES string of the molecule is CC(C)CCOc1ccc(NCC(=O)Nc2ccc(C(=O)N(C)c3ccccc3)cc2)cc1. The number of nitrogens with zero attached hydrogens (tertiary/aromatic N) is 1. The van der Waals surface area contributed by atoms with Gasteiger partial charge in [0.15, 0.2) is 0 Å². The second kappa shape index (κ2) is 11.7. The Balaban J connectivity index is 1.46. The first-order valence-electron chi connectivity index (χ1n) is 11.1. The first-order valence-corrected chi connectivity index (χ1v) is 11.1. The molecule has 0 radical (unpaired) electrons. The molecule has 0 unspecified atom stereocenters. The molecule has 3 aromatic rings. The summed E-state index contributed by atoms with van der Waals surface area (Å²) in [6, 6.07) is 23.9. The molecular weight excluding hydrogens is 414 g/mol. The topological polar surface area (TPSA) is 70.7 Å². The van der Waals surface area contributed by atoms with Gasteiger partial charge in [-0.3, -0.25) is 9.59 Å². The number of para-hydroxylation sites is 1. The predicted octanol–water partition coefficient (Wildman–Crippen LogP) is 5.44. The van der Waals surface area contributed by atoms with Crippen LogP contribution in [0.2, 0.25) is 0 Å². The fourth-order valence-electron chi connectivity index (χ4n) is 3.13. The quantitative estimate of drug-likeness (QED) is 0.436. The van der Waals surface area contributed by atoms with Crippen LogP contribution in [-0.2, 0) is 4.79 Å². The third-order valence-electron chi connectivity index (χ3n) is 5.14. The number of carbonyl (C=O) groups is 2. The molecule has 2 amide bonds. The van der Waals surface area contributed by atoms with E-state index in [0.29, 0.717) is 23.8 Å². The Hall–Kier alpha value is -3.80. The van der Waals surface area contributed by atoms with Crippen molar-refractivity contribution < 1.29 is 14.3 Å². The molecule has 6 nitrogen and oxygen atoms in total. The summed E-state index contributed by atoms with van der Waals surface area (Å²) in [6.45, 7) is 5.16. The van der Waals surface area contributed by atoms with Gasteiger partial charge in [0.25, 0.3) is 5.91 Å². The maximum atomic E-state index is 12.7. The van der Waals surface area contributed by atoms with Crippen molar-refractivity contribution in [3.8, 4) is 5.75 Å². The van der Waals surface area contributed by atoms with Crippen LogP contribution in [0.4, 0.5) is 17.1 Å². The molecule has 0 bridgehead atoms. The van der Waals surface area contributed by atoms with Gasteiger partial charge in [-0.25, -0.2) is 0 Å². The Morgan fingerprint density at radius 2 is 1.52 bits per heavy atom. The van der Waals surface area contributed by atoms with Crippen LogP contribution in [0.25, 0.3) is 0 Å². The van der Waals surface area contributed by atoms with Crippen molar-refractivity contribution >= 4 is 28.9 Å². The Morgan fingerprint density at radius 3 is 2.15 bits per heavy atom. The van der Waals surface area contributed by atoms with Gasteiger partial charge in [0, 0.05) is 29.7 Å². The number of carbonyl (C=O) groups excluding carboxylic acids is 2. The smallest absolute Gasteiger partial charge is 0.258 e. The average Bonchev–Trinajstić information content (AvgIpc) is 2.83. The summed E-state index contributed by atoms with van der Waals surface area (Å²) in [5.74, 6) is 1.14. The average molecular weight is 446 g/mol. The fraction of sp³-hybridized carbons (Fsp3) is 0.259. The molecule has 2 N–H and O–H groups in total. The number of hydrogen-bond acceptors (Lipinski definition) is 4. The monoisotopic (exact) mass is 445 g/mol. The largest absolute Gasteiger partial charge is 0.494 e. The van der Waals surface area contributed by atoms with Crippen LogP contribution in [-0.4, -0.2) is 32.0 Å². The highest BCUT2D eigenvalue weighted by Gasteiger charge is 2.13. The van der Waals surface area contributed by atoms with Crippen LogP contribution in [0.15, 0.2) is 78.9 Å². The normalized spacial score (nSPS) is 10.5. The summed E-state index contributed by atoms with van der Waals surface area (Å²) in [5, 5.41) is 5.94. The molecule has 0 heterocycles. The highest BCUT2D eigenvalue weighted by atomic mass is 16.5. The molecule has 3 aromatic carbocycles. The van der Waals surface area contributed by atoms with E-state index in [4.69, 9.17) is 4.74 Å². The van der Waals surface area contributed by atoms with Crippen molar-refractivity contribution in [3.63, 3.8) is 0 Å². The summed E-state index contributed by atoms with van der Waals surface area (Å²) >= 11 is 0. The van der Waals surface area contributed by atoms with Crippen LogP contribution in [0.1, 0.15) is 30.6 Å². The lowest BCUT2D eigenvalue weighted by Gasteiger charge is -2.17. The van der Waals surface area contributed by atoms with E-state index in [1.54, 1.807) is 36.2 Å². The molecule has 33 heavy (non-hydrogen) atoms. The molecule has 0 aliphatic rings. The molecule has 0 aliphatic carbocycles. The maximum Gasteiger partial charge on any atom is 0.258 e. The third-order valence-corrected chi connectivity index (χ3v) is 5.14. The Morgan fingerprint density at radius 1 is 0.879 bits per heavy atom. The Kier molecular flexibility index (Phi) is 8.47. The fourth-order valence-corrected chi connectivity index (χ4v) is 3.13. The van der Waals surface area contributed by atoms with Gasteiger partial charge in [-0.05, 0) is 73.0 Å². The summed E-state index contributed by atoms with van der Waals surface area (Å²) in [4.78, 5) is 26.6. The van der Waals surface area contributed by atoms with Crippen molar-refractivity contribution in [1.82, 2.24) is 0 Å². The zero-order valence-electron chi connectivity index (χ0n) is 19.4. The van der Waals surface area contributed by atoms with Crippen molar-refractivity contribution in [2.24, 2.45) is 5.92 Å². The van der Waals surface area contributed by atoms with Gasteiger partial charge in [-0.2, -0.15) is 0 Å². The minimum Gasteiger partial charge on any atom is -0.494 e. The van der Waals surface area contributed by atoms with E-state index in [1.807, 2.05) is 54.6 Å². The van der Waals surface area contributed by atoms with E-state index in [2.05, 4.69) is 24.5 Å². The van der Waals surface area contributed by atoms with Gasteiger partial charge in [-0.1, -0.05) is 32.0 Å². The highest BCUT2D eigenvalue weighted by Crippen LogP contribution is 2.18. The molecule has 0 aromatic heterocycles. The van der Waals surface area contributed by atoms with E-state index in [0.717, 1.165) is 23.5 Å². The van der Waals surface area contributed by atoms with E-state index in [1.165, 1.54) is 0 Å². The predicted molar refractivity (Wildman–Crippen MR) is 134 cm³/mol. The summed E-state index contributed by atoms with van der Waals surface area (Å²) < 4.78 is 5.71. The number of rotatable bonds is 10. The summed E-state index contributed by atoms with van der Waals surface area (Å²) in [7, 11) is 1.74. The molecule has 0 saturated carbocycles. The Labute approximate surface area is 195 Å². The van der Waals surface area contributed by atoms with Crippen molar-refractivity contribution in [2.45, 2.75) is 20.3 Å². The number of nitrogens with one attached hydrogen (secondary N) is 2. The molecule has 0 atom stereocenters. The minimum absolute atomic E-state index is 0.114. The van der Waals surface area contributed by atoms with E-state index in [-0.39, 0.29) is 18.4 Å². The van der Waals surface area contributed by atoms with Gasteiger partial charge < -0.3 is 20.3 Å². The molecule has 6 heteroatoms. The van der Waals surface area contributed by atoms with Crippen molar-refractivity contribution in [3.05, 3.63) is 84.4 Å². The molecule has 0 fully saturated rings. The number of hydrogen-bond donors (Lipinski definition) is 2. The molecular formula is C27H31N3O3. The van der Waals surface area contributed by atoms with Gasteiger partial charge in [0.2, 0.25) is 5.91 Å². The van der Waals surface area contributed by atoms with Gasteiger partial charge in [0.05, 0.1) is 13.2 Å². The number of benzene rings is 3. The molecule has 0 saturated heterocycles. The Bertz CT molecular complexity index is 1030. The zero-order valence-corrected chi connectivity index (χ0v) is 19.4. The number of amides is 2. The summed E-state index contributed by atoms with van der Waals surface area (Å²) in [6.07, 6.45) is 1.01. The molecule has 172 valence electrons. The maximum absolute atomic E-state index is 12.7. The van der Waals surface area contributed by atoms with Crippen molar-refractivity contribution in [1.29, 1.82) is 0 Å². The molecule has 0 aliphatic heterocycles. The lowest BCUT2D eigenvalue weighted by atomic mass is 10.1. The highest BCUT2D eigenvalue weighted by molar-refractivity contribution is 6.06. The number of anilines is 3. The van der Waals surface area contributed by atoms with E-state index < -0.39 is 0 Å². The summed E-state index contributed by atoms with van der Waals surface area (Å²) in [5.41, 5.74) is 2.84. The van der Waals surface area contributed by atoms with Gasteiger partial charge >= 0.3 is 0 Å². The van der Waals surface area contributed by atoms with Crippen LogP contribution < -0.4 is 20.3 Å². The first-order chi connectivity index (χ1) is 15.9. The first kappa shape index (κ1) is 23.9. The molecule has 3 rings (SSSR count). The molecule has 0 spiro atoms. The van der Waals surface area contributed by atoms with Crippen LogP contribution in [0, 0.1) is 5.92 Å². The van der Waals surface area contributed by atoms with E-state index >= 15 is 0 Å². The third kappa shape index (κ3) is 7.38. The lowest BCUT2D eigenvalue weighted by Crippen LogP contribution is -2.26. The second-order valence-electron chi connectivity index (χ2n) is 8.23. The van der Waals surface area contributed by atoms with E-state index in [9.17, 15) is 9.59 Å². The zero-order chi connectivity index (χ0) is 23.6.